The maximum Gasteiger partial charge on any atom is 0.255 e. The molecule has 0 bridgehead atoms. The second-order valence-electron chi connectivity index (χ2n) is 6.95. The van der Waals surface area contributed by atoms with E-state index in [-0.39, 0.29) is 18.4 Å². The van der Waals surface area contributed by atoms with E-state index in [1.807, 2.05) is 43.3 Å². The molecule has 1 fully saturated rings. The van der Waals surface area contributed by atoms with E-state index in [0.29, 0.717) is 23.7 Å². The van der Waals surface area contributed by atoms with Gasteiger partial charge in [-0.2, -0.15) is 0 Å². The molecule has 1 atom stereocenters. The molecule has 0 aliphatic heterocycles. The molecule has 0 saturated heterocycles. The molecule has 1 aliphatic carbocycles. The summed E-state index contributed by atoms with van der Waals surface area (Å²) in [5, 5.41) is 15.9. The van der Waals surface area contributed by atoms with Crippen molar-refractivity contribution in [3.63, 3.8) is 0 Å². The number of carbonyl (C=O) groups excluding carboxylic acids is 1. The van der Waals surface area contributed by atoms with E-state index < -0.39 is 5.60 Å². The fourth-order valence-electron chi connectivity index (χ4n) is 3.58. The third kappa shape index (κ3) is 3.30. The summed E-state index contributed by atoms with van der Waals surface area (Å²) in [6.45, 7) is 2.45. The van der Waals surface area contributed by atoms with E-state index in [1.165, 1.54) is 0 Å². The molecule has 1 unspecified atom stereocenters. The predicted octanol–water partition coefficient (Wildman–Crippen LogP) is 3.86. The summed E-state index contributed by atoms with van der Waals surface area (Å²) < 4.78 is 11.1. The molecule has 0 spiro atoms. The van der Waals surface area contributed by atoms with Crippen LogP contribution in [0.5, 0.6) is 5.75 Å². The molecule has 1 heterocycles. The number of hydrogen-bond acceptors (Lipinski definition) is 4. The zero-order valence-corrected chi connectivity index (χ0v) is 15.3. The Balaban J connectivity index is 1.64. The minimum absolute atomic E-state index is 0.0960. The fourth-order valence-corrected chi connectivity index (χ4v) is 3.58. The number of amides is 1. The first-order valence-electron chi connectivity index (χ1n) is 9.32. The number of rotatable bonds is 7. The van der Waals surface area contributed by atoms with Crippen LogP contribution in [0.3, 0.4) is 0 Å². The molecular weight excluding hydrogens is 342 g/mol. The van der Waals surface area contributed by atoms with Crippen LogP contribution in [-0.4, -0.2) is 24.2 Å². The molecular formula is C22H23NO4. The lowest BCUT2D eigenvalue weighted by Gasteiger charge is -2.26. The highest BCUT2D eigenvalue weighted by molar-refractivity contribution is 6.09. The van der Waals surface area contributed by atoms with Crippen LogP contribution in [0.25, 0.3) is 10.8 Å². The summed E-state index contributed by atoms with van der Waals surface area (Å²) in [5.74, 6) is 0.874. The summed E-state index contributed by atoms with van der Waals surface area (Å²) in [7, 11) is 0. The lowest BCUT2D eigenvalue weighted by atomic mass is 9.94. The standard InChI is InChI=1S/C22H23NO4/c1-2-26-18-12-9-15-6-3-4-7-17(15)20(18)21(24)23-14-22(25,16-10-11-16)19-8-5-13-27-19/h3-9,12-13,16,25H,2,10-11,14H2,1H3,(H,23,24). The van der Waals surface area contributed by atoms with Gasteiger partial charge in [-0.25, -0.2) is 0 Å². The summed E-state index contributed by atoms with van der Waals surface area (Å²) in [6.07, 6.45) is 3.39. The van der Waals surface area contributed by atoms with E-state index in [9.17, 15) is 9.90 Å². The zero-order valence-electron chi connectivity index (χ0n) is 15.3. The normalized spacial score (nSPS) is 16.1. The lowest BCUT2D eigenvalue weighted by Crippen LogP contribution is -2.42. The van der Waals surface area contributed by atoms with Crippen LogP contribution in [0.1, 0.15) is 35.9 Å². The van der Waals surface area contributed by atoms with E-state index >= 15 is 0 Å². The largest absolute Gasteiger partial charge is 0.493 e. The van der Waals surface area contributed by atoms with E-state index in [2.05, 4.69) is 5.32 Å². The highest BCUT2D eigenvalue weighted by Crippen LogP contribution is 2.45. The number of benzene rings is 2. The smallest absolute Gasteiger partial charge is 0.255 e. The summed E-state index contributed by atoms with van der Waals surface area (Å²) in [4.78, 5) is 13.1. The zero-order chi connectivity index (χ0) is 18.9. The molecule has 1 aromatic heterocycles. The molecule has 2 N–H and O–H groups in total. The molecule has 3 aromatic rings. The Morgan fingerprint density at radius 2 is 2.04 bits per heavy atom. The number of nitrogens with one attached hydrogen (secondary N) is 1. The Labute approximate surface area is 157 Å². The van der Waals surface area contributed by atoms with Gasteiger partial charge in [-0.15, -0.1) is 0 Å². The van der Waals surface area contributed by atoms with Crippen molar-refractivity contribution < 1.29 is 19.1 Å². The average Bonchev–Trinajstić information content (AvgIpc) is 3.40. The van der Waals surface area contributed by atoms with Gasteiger partial charge in [-0.1, -0.05) is 30.3 Å². The van der Waals surface area contributed by atoms with Crippen molar-refractivity contribution in [2.45, 2.75) is 25.4 Å². The van der Waals surface area contributed by atoms with Crippen molar-refractivity contribution in [2.24, 2.45) is 5.92 Å². The minimum atomic E-state index is -1.18. The molecule has 140 valence electrons. The van der Waals surface area contributed by atoms with Gasteiger partial charge in [0.05, 0.1) is 25.0 Å². The van der Waals surface area contributed by atoms with Gasteiger partial charge in [0.1, 0.15) is 17.1 Å². The Morgan fingerprint density at radius 3 is 2.74 bits per heavy atom. The van der Waals surface area contributed by atoms with Crippen molar-refractivity contribution in [1.29, 1.82) is 0 Å². The average molecular weight is 365 g/mol. The molecule has 1 saturated carbocycles. The van der Waals surface area contributed by atoms with E-state index in [1.54, 1.807) is 18.4 Å². The number of ether oxygens (including phenoxy) is 1. The second kappa shape index (κ2) is 7.08. The van der Waals surface area contributed by atoms with Gasteiger partial charge in [-0.05, 0) is 54.7 Å². The van der Waals surface area contributed by atoms with Gasteiger partial charge in [-0.3, -0.25) is 4.79 Å². The third-order valence-electron chi connectivity index (χ3n) is 5.14. The Hall–Kier alpha value is -2.79. The van der Waals surface area contributed by atoms with Crippen LogP contribution in [0, 0.1) is 5.92 Å². The number of fused-ring (bicyclic) bond motifs is 1. The van der Waals surface area contributed by atoms with Gasteiger partial charge < -0.3 is 19.6 Å². The first-order valence-corrected chi connectivity index (χ1v) is 9.32. The van der Waals surface area contributed by atoms with Crippen molar-refractivity contribution >= 4 is 16.7 Å². The highest BCUT2D eigenvalue weighted by Gasteiger charge is 2.47. The lowest BCUT2D eigenvalue weighted by molar-refractivity contribution is -0.00612. The highest BCUT2D eigenvalue weighted by atomic mass is 16.5. The first-order chi connectivity index (χ1) is 13.1. The molecule has 2 aromatic carbocycles. The molecule has 1 aliphatic rings. The summed E-state index contributed by atoms with van der Waals surface area (Å²) in [6, 6.07) is 15.0. The number of aliphatic hydroxyl groups is 1. The van der Waals surface area contributed by atoms with Crippen LogP contribution < -0.4 is 10.1 Å². The van der Waals surface area contributed by atoms with Gasteiger partial charge in [0.15, 0.2) is 0 Å². The van der Waals surface area contributed by atoms with Crippen molar-refractivity contribution in [3.05, 3.63) is 66.1 Å². The number of furan rings is 1. The van der Waals surface area contributed by atoms with Crippen LogP contribution in [0.2, 0.25) is 0 Å². The molecule has 1 amide bonds. The monoisotopic (exact) mass is 365 g/mol. The van der Waals surface area contributed by atoms with Gasteiger partial charge in [0.25, 0.3) is 5.91 Å². The van der Waals surface area contributed by atoms with Crippen LogP contribution >= 0.6 is 0 Å². The van der Waals surface area contributed by atoms with Crippen molar-refractivity contribution in [1.82, 2.24) is 5.32 Å². The van der Waals surface area contributed by atoms with E-state index in [0.717, 1.165) is 23.6 Å². The van der Waals surface area contributed by atoms with Crippen molar-refractivity contribution in [2.75, 3.05) is 13.2 Å². The van der Waals surface area contributed by atoms with Gasteiger partial charge in [0.2, 0.25) is 0 Å². The van der Waals surface area contributed by atoms with Crippen LogP contribution in [0.4, 0.5) is 0 Å². The molecule has 5 heteroatoms. The molecule has 0 radical (unpaired) electrons. The van der Waals surface area contributed by atoms with Crippen LogP contribution in [-0.2, 0) is 5.60 Å². The maximum absolute atomic E-state index is 13.1. The van der Waals surface area contributed by atoms with Gasteiger partial charge in [0, 0.05) is 0 Å². The Morgan fingerprint density at radius 1 is 1.22 bits per heavy atom. The minimum Gasteiger partial charge on any atom is -0.493 e. The topological polar surface area (TPSA) is 71.7 Å². The van der Waals surface area contributed by atoms with E-state index in [4.69, 9.17) is 9.15 Å². The van der Waals surface area contributed by atoms with Gasteiger partial charge >= 0.3 is 0 Å². The molecule has 5 nitrogen and oxygen atoms in total. The first kappa shape index (κ1) is 17.6. The Kier molecular flexibility index (Phi) is 4.62. The molecule has 27 heavy (non-hydrogen) atoms. The molecule has 4 rings (SSSR count). The van der Waals surface area contributed by atoms with Crippen molar-refractivity contribution in [3.8, 4) is 5.75 Å². The summed E-state index contributed by atoms with van der Waals surface area (Å²) in [5.41, 5.74) is -0.692. The quantitative estimate of drug-likeness (QED) is 0.667. The second-order valence-corrected chi connectivity index (χ2v) is 6.95. The number of carbonyl (C=O) groups is 1. The van der Waals surface area contributed by atoms with Crippen LogP contribution in [0.15, 0.2) is 59.2 Å². The SMILES string of the molecule is CCOc1ccc2ccccc2c1C(=O)NCC(O)(c1ccco1)C1CC1. The number of hydrogen-bond donors (Lipinski definition) is 2. The maximum atomic E-state index is 13.1. The summed E-state index contributed by atoms with van der Waals surface area (Å²) >= 11 is 0. The predicted molar refractivity (Wildman–Crippen MR) is 103 cm³/mol. The third-order valence-corrected chi connectivity index (χ3v) is 5.14. The fraction of sp³-hybridized carbons (Fsp3) is 0.318. The Bertz CT molecular complexity index is 946.